The van der Waals surface area contributed by atoms with Crippen molar-refractivity contribution in [2.45, 2.75) is 129 Å². The first-order valence-electron chi connectivity index (χ1n) is 28.0. The van der Waals surface area contributed by atoms with E-state index in [1.807, 2.05) is 107 Å². The number of ether oxygens (including phenoxy) is 11. The number of amides is 1. The fourth-order valence-corrected chi connectivity index (χ4v) is 12.5. The van der Waals surface area contributed by atoms with Crippen LogP contribution in [0.4, 0.5) is 5.82 Å². The molecule has 24 nitrogen and oxygen atoms in total. The second-order valence-corrected chi connectivity index (χ2v) is 22.4. The van der Waals surface area contributed by atoms with E-state index in [0.717, 1.165) is 44.4 Å². The summed E-state index contributed by atoms with van der Waals surface area (Å²) < 4.78 is 96.6. The van der Waals surface area contributed by atoms with E-state index in [2.05, 4.69) is 10.3 Å². The third kappa shape index (κ3) is 17.0. The number of hydrogen-bond donors (Lipinski definition) is 1. The predicted octanol–water partition coefficient (Wildman–Crippen LogP) is 7.55. The Morgan fingerprint density at radius 3 is 1.76 bits per heavy atom. The number of benzene rings is 4. The molecule has 2 aliphatic heterocycles. The minimum atomic E-state index is -4.40. The van der Waals surface area contributed by atoms with E-state index in [4.69, 9.17) is 61.2 Å². The molecule has 1 aromatic heterocycles. The first kappa shape index (κ1) is 66.2. The van der Waals surface area contributed by atoms with Crippen molar-refractivity contribution < 1.29 is 89.7 Å². The molecule has 2 saturated heterocycles. The highest BCUT2D eigenvalue weighted by atomic mass is 31.2. The lowest BCUT2D eigenvalue weighted by molar-refractivity contribution is -0.309. The van der Waals surface area contributed by atoms with Crippen LogP contribution in [0.25, 0.3) is 0 Å². The lowest BCUT2D eigenvalue weighted by Crippen LogP contribution is -2.63. The summed E-state index contributed by atoms with van der Waals surface area (Å²) in [7, 11) is -1.24. The van der Waals surface area contributed by atoms with Crippen molar-refractivity contribution in [2.24, 2.45) is 0 Å². The highest BCUT2D eigenvalue weighted by molar-refractivity contribution is 7.51. The normalized spacial score (nSPS) is 21.1. The van der Waals surface area contributed by atoms with Gasteiger partial charge in [0, 0.05) is 58.0 Å². The molecule has 86 heavy (non-hydrogen) atoms. The van der Waals surface area contributed by atoms with Gasteiger partial charge in [0.15, 0.2) is 24.6 Å². The van der Waals surface area contributed by atoms with Crippen LogP contribution in [0.15, 0.2) is 126 Å². The molecular formula is C61H75N4O20P. The van der Waals surface area contributed by atoms with Crippen molar-refractivity contribution in [1.29, 1.82) is 0 Å². The summed E-state index contributed by atoms with van der Waals surface area (Å²) >= 11 is 0. The van der Waals surface area contributed by atoms with Gasteiger partial charge in [0.2, 0.25) is 0 Å². The standard InChI is InChI=1S/C61H75N4O20P/c1-38(2)65(39(3)4)86(72,79-34-32-75-31-33-76-59-57(82-43(8)69)56(81-42(7)68)55(80-41(6)67)52(84-59)36-77-40(5)66)85-50-35-54(64-30-29-53(63-60(64)71)62-58(70)44-17-13-11-14-18-44)83-51(50)37-78-61(45-19-15-12-16-20-45,46-21-25-48(73-9)26-22-46)47-23-27-49(74-10)28-24-47/h11-30,38-39,50-52,54-57,59H,31-37H2,1-10H3,(H,62,63,70,71)/t50-,51+,52+,54+,55-,56-,57+,59+,86?/m0/s1. The maximum atomic E-state index is 15.8. The third-order valence-corrected chi connectivity index (χ3v) is 16.3. The molecule has 1 amide bonds. The highest BCUT2D eigenvalue weighted by Crippen LogP contribution is 2.57. The Kier molecular flexibility index (Phi) is 23.7. The fraction of sp³-hybridized carbons (Fsp3) is 0.459. The predicted molar refractivity (Wildman–Crippen MR) is 309 cm³/mol. The molecule has 25 heteroatoms. The molecule has 464 valence electrons. The molecule has 1 unspecified atom stereocenters. The van der Waals surface area contributed by atoms with Crippen LogP contribution in [-0.4, -0.2) is 153 Å². The SMILES string of the molecule is COc1ccc(C(OC[C@H]2O[C@@H](n3ccc(NC(=O)c4ccccc4)nc3=O)C[C@@H]2OP(=O)(OCCOCCO[C@@H]2O[C@H](COC(C)=O)[C@H](OC(C)=O)[C@H](OC(C)=O)[C@H]2OC(C)=O)N(C(C)C)C(C)C)(c2ccccc2)c2ccc(OC)cc2)cc1. The largest absolute Gasteiger partial charge is 0.497 e. The number of rotatable bonds is 29. The van der Waals surface area contributed by atoms with Crippen LogP contribution in [0, 0.1) is 0 Å². The summed E-state index contributed by atoms with van der Waals surface area (Å²) in [4.78, 5) is 80.0. The molecule has 0 radical (unpaired) electrons. The average Bonchev–Trinajstić information content (AvgIpc) is 1.14. The summed E-state index contributed by atoms with van der Waals surface area (Å²) in [6.07, 6.45) is -8.75. The second-order valence-electron chi connectivity index (χ2n) is 20.6. The minimum absolute atomic E-state index is 0.00861. The number of esters is 4. The van der Waals surface area contributed by atoms with Crippen LogP contribution in [0.5, 0.6) is 11.5 Å². The molecule has 9 atom stereocenters. The average molecular weight is 1220 g/mol. The number of carbonyl (C=O) groups excluding carboxylic acids is 5. The van der Waals surface area contributed by atoms with Crippen LogP contribution in [0.1, 0.15) is 95.1 Å². The van der Waals surface area contributed by atoms with E-state index < -0.39 is 117 Å². The molecule has 0 bridgehead atoms. The van der Waals surface area contributed by atoms with E-state index in [-0.39, 0.29) is 45.3 Å². The second kappa shape index (κ2) is 30.8. The Bertz CT molecular complexity index is 3090. The maximum absolute atomic E-state index is 15.8. The Morgan fingerprint density at radius 2 is 1.21 bits per heavy atom. The van der Waals surface area contributed by atoms with Crippen molar-refractivity contribution in [3.63, 3.8) is 0 Å². The third-order valence-electron chi connectivity index (χ3n) is 13.8. The summed E-state index contributed by atoms with van der Waals surface area (Å²) in [6, 6.07) is 33.7. The number of nitrogens with zero attached hydrogens (tertiary/aromatic N) is 3. The monoisotopic (exact) mass is 1210 g/mol. The molecule has 5 aromatic rings. The molecule has 0 saturated carbocycles. The highest BCUT2D eigenvalue weighted by Gasteiger charge is 2.53. The zero-order valence-corrected chi connectivity index (χ0v) is 50.6. The van der Waals surface area contributed by atoms with Gasteiger partial charge in [-0.3, -0.25) is 37.6 Å². The quantitative estimate of drug-likeness (QED) is 0.0159. The van der Waals surface area contributed by atoms with Crippen LogP contribution in [0.3, 0.4) is 0 Å². The fourth-order valence-electron chi connectivity index (χ4n) is 10.2. The van der Waals surface area contributed by atoms with Crippen LogP contribution in [-0.2, 0) is 81.0 Å². The van der Waals surface area contributed by atoms with E-state index in [1.165, 1.54) is 16.8 Å². The van der Waals surface area contributed by atoms with Crippen molar-refractivity contribution in [3.8, 4) is 11.5 Å². The van der Waals surface area contributed by atoms with Crippen LogP contribution in [0.2, 0.25) is 0 Å². The summed E-state index contributed by atoms with van der Waals surface area (Å²) in [5.41, 5.74) is 0.468. The Morgan fingerprint density at radius 1 is 0.663 bits per heavy atom. The number of hydrogen-bond acceptors (Lipinski definition) is 21. The van der Waals surface area contributed by atoms with Crippen molar-refractivity contribution >= 4 is 43.3 Å². The molecule has 3 heterocycles. The Hall–Kier alpha value is -7.38. The number of anilines is 1. The van der Waals surface area contributed by atoms with Crippen molar-refractivity contribution in [2.75, 3.05) is 59.2 Å². The molecule has 0 spiro atoms. The maximum Gasteiger partial charge on any atom is 0.409 e. The van der Waals surface area contributed by atoms with Gasteiger partial charge >= 0.3 is 37.3 Å². The van der Waals surface area contributed by atoms with Gasteiger partial charge in [-0.05, 0) is 86.8 Å². The first-order chi connectivity index (χ1) is 41.2. The zero-order chi connectivity index (χ0) is 62.1. The summed E-state index contributed by atoms with van der Waals surface area (Å²) in [5, 5.41) is 2.67. The van der Waals surface area contributed by atoms with E-state index >= 15 is 4.57 Å². The molecule has 7 rings (SSSR count). The van der Waals surface area contributed by atoms with Gasteiger partial charge in [0.25, 0.3) is 5.91 Å². The number of nitrogens with one attached hydrogen (secondary N) is 1. The first-order valence-corrected chi connectivity index (χ1v) is 29.5. The van der Waals surface area contributed by atoms with E-state index in [0.29, 0.717) is 17.1 Å². The van der Waals surface area contributed by atoms with Gasteiger partial charge in [-0.25, -0.2) is 14.0 Å². The topological polar surface area (TPSA) is 273 Å². The number of methoxy groups -OCH3 is 2. The molecular weight excluding hydrogens is 1140 g/mol. The van der Waals surface area contributed by atoms with E-state index in [1.54, 1.807) is 49.2 Å². The minimum Gasteiger partial charge on any atom is -0.497 e. The molecule has 0 aliphatic carbocycles. The van der Waals surface area contributed by atoms with Gasteiger partial charge in [-0.1, -0.05) is 72.8 Å². The van der Waals surface area contributed by atoms with Crippen LogP contribution >= 0.6 is 7.75 Å². The Labute approximate surface area is 499 Å². The molecule has 2 aliphatic rings. The Balaban J connectivity index is 1.16. The van der Waals surface area contributed by atoms with E-state index in [9.17, 15) is 28.8 Å². The zero-order valence-electron chi connectivity index (χ0n) is 49.7. The number of aromatic nitrogens is 2. The van der Waals surface area contributed by atoms with Gasteiger partial charge in [0.1, 0.15) is 54.1 Å². The smallest absolute Gasteiger partial charge is 0.409 e. The molecule has 1 N–H and O–H groups in total. The number of carbonyl (C=O) groups is 5. The van der Waals surface area contributed by atoms with Crippen LogP contribution < -0.4 is 20.5 Å². The van der Waals surface area contributed by atoms with Gasteiger partial charge in [0.05, 0.1) is 47.3 Å². The van der Waals surface area contributed by atoms with Crippen molar-refractivity contribution in [1.82, 2.24) is 14.2 Å². The molecule has 2 fully saturated rings. The molecule has 4 aromatic carbocycles. The van der Waals surface area contributed by atoms with Gasteiger partial charge in [-0.2, -0.15) is 4.98 Å². The summed E-state index contributed by atoms with van der Waals surface area (Å²) in [6.45, 7) is 10.4. The lowest BCUT2D eigenvalue weighted by atomic mass is 9.80. The van der Waals surface area contributed by atoms with Crippen molar-refractivity contribution in [3.05, 3.63) is 154 Å². The van der Waals surface area contributed by atoms with Gasteiger partial charge < -0.3 is 57.4 Å². The van der Waals surface area contributed by atoms with Gasteiger partial charge in [-0.15, -0.1) is 0 Å². The summed E-state index contributed by atoms with van der Waals surface area (Å²) in [5.74, 6) is -2.29. The lowest BCUT2D eigenvalue weighted by Gasteiger charge is -2.44.